The number of hydrogen-bond donors (Lipinski definition) is 1. The molecule has 0 atom stereocenters. The minimum absolute atomic E-state index is 0.840. The molecule has 0 unspecified atom stereocenters. The quantitative estimate of drug-likeness (QED) is 0.893. The Morgan fingerprint density at radius 1 is 1.33 bits per heavy atom. The Kier molecular flexibility index (Phi) is 5.51. The van der Waals surface area contributed by atoms with Crippen LogP contribution < -0.4 is 10.1 Å². The van der Waals surface area contributed by atoms with Crippen LogP contribution in [0.4, 0.5) is 0 Å². The van der Waals surface area contributed by atoms with Crippen LogP contribution >= 0.6 is 15.9 Å². The molecule has 0 saturated carbocycles. The van der Waals surface area contributed by atoms with Gasteiger partial charge in [-0.3, -0.25) is 0 Å². The lowest BCUT2D eigenvalue weighted by Gasteiger charge is -2.22. The highest BCUT2D eigenvalue weighted by Gasteiger charge is 2.13. The fourth-order valence-corrected chi connectivity index (χ4v) is 2.88. The van der Waals surface area contributed by atoms with E-state index in [2.05, 4.69) is 46.4 Å². The van der Waals surface area contributed by atoms with Gasteiger partial charge in [-0.15, -0.1) is 0 Å². The summed E-state index contributed by atoms with van der Waals surface area (Å²) < 4.78 is 7.07. The van der Waals surface area contributed by atoms with Gasteiger partial charge in [-0.2, -0.15) is 0 Å². The highest BCUT2D eigenvalue weighted by molar-refractivity contribution is 9.10. The minimum atomic E-state index is 0.840. The molecule has 1 fully saturated rings. The number of ether oxygens (including phenoxy) is 1. The van der Waals surface area contributed by atoms with Crippen LogP contribution in [0.2, 0.25) is 0 Å². The van der Waals surface area contributed by atoms with Crippen molar-refractivity contribution in [1.82, 2.24) is 5.32 Å². The topological polar surface area (TPSA) is 21.3 Å². The maximum absolute atomic E-state index is 5.94. The monoisotopic (exact) mass is 311 g/mol. The predicted molar refractivity (Wildman–Crippen MR) is 79.2 cm³/mol. The van der Waals surface area contributed by atoms with Gasteiger partial charge in [-0.1, -0.05) is 22.9 Å². The summed E-state index contributed by atoms with van der Waals surface area (Å²) in [5.74, 6) is 1.89. The molecule has 0 radical (unpaired) electrons. The van der Waals surface area contributed by atoms with Crippen LogP contribution in [0, 0.1) is 5.92 Å². The molecule has 1 aromatic rings. The van der Waals surface area contributed by atoms with Crippen LogP contribution in [0.5, 0.6) is 5.75 Å². The van der Waals surface area contributed by atoms with Crippen molar-refractivity contribution in [3.8, 4) is 5.75 Å². The molecule has 0 bridgehead atoms. The van der Waals surface area contributed by atoms with Gasteiger partial charge < -0.3 is 10.1 Å². The molecule has 0 aromatic heterocycles. The van der Waals surface area contributed by atoms with Gasteiger partial charge in [0.1, 0.15) is 5.75 Å². The molecule has 0 aliphatic carbocycles. The first-order valence-electron chi connectivity index (χ1n) is 6.91. The SMILES string of the molecule is CCc1cc(Br)ccc1OCCC1CCNCC1. The molecule has 18 heavy (non-hydrogen) atoms. The average Bonchev–Trinajstić information content (AvgIpc) is 2.41. The van der Waals surface area contributed by atoms with E-state index in [1.165, 1.54) is 37.9 Å². The molecule has 1 heterocycles. The lowest BCUT2D eigenvalue weighted by atomic mass is 9.95. The van der Waals surface area contributed by atoms with Gasteiger partial charge in [0.2, 0.25) is 0 Å². The normalized spacial score (nSPS) is 16.8. The zero-order valence-corrected chi connectivity index (χ0v) is 12.6. The Hall–Kier alpha value is -0.540. The van der Waals surface area contributed by atoms with Gasteiger partial charge >= 0.3 is 0 Å². The molecule has 1 aliphatic heterocycles. The molecular weight excluding hydrogens is 290 g/mol. The van der Waals surface area contributed by atoms with E-state index in [-0.39, 0.29) is 0 Å². The first-order chi connectivity index (χ1) is 8.79. The van der Waals surface area contributed by atoms with E-state index < -0.39 is 0 Å². The van der Waals surface area contributed by atoms with Gasteiger partial charge in [0.05, 0.1) is 6.61 Å². The summed E-state index contributed by atoms with van der Waals surface area (Å²) in [4.78, 5) is 0. The van der Waals surface area contributed by atoms with Gasteiger partial charge in [0.15, 0.2) is 0 Å². The van der Waals surface area contributed by atoms with Crippen molar-refractivity contribution < 1.29 is 4.74 Å². The highest BCUT2D eigenvalue weighted by atomic mass is 79.9. The van der Waals surface area contributed by atoms with Crippen molar-refractivity contribution in [3.05, 3.63) is 28.2 Å². The molecule has 2 rings (SSSR count). The molecule has 2 nitrogen and oxygen atoms in total. The molecule has 3 heteroatoms. The number of halogens is 1. The lowest BCUT2D eigenvalue weighted by molar-refractivity contribution is 0.250. The molecule has 1 aromatic carbocycles. The van der Waals surface area contributed by atoms with Crippen molar-refractivity contribution in [1.29, 1.82) is 0 Å². The van der Waals surface area contributed by atoms with Crippen molar-refractivity contribution >= 4 is 15.9 Å². The Balaban J connectivity index is 1.82. The summed E-state index contributed by atoms with van der Waals surface area (Å²) in [5.41, 5.74) is 1.29. The van der Waals surface area contributed by atoms with E-state index in [1.807, 2.05) is 0 Å². The molecule has 1 N–H and O–H groups in total. The predicted octanol–water partition coefficient (Wildman–Crippen LogP) is 3.78. The van der Waals surface area contributed by atoms with Gasteiger partial charge in [-0.25, -0.2) is 0 Å². The molecule has 1 saturated heterocycles. The Labute approximate surface area is 118 Å². The molecule has 0 amide bonds. The number of hydrogen-bond acceptors (Lipinski definition) is 2. The average molecular weight is 312 g/mol. The lowest BCUT2D eigenvalue weighted by Crippen LogP contribution is -2.28. The van der Waals surface area contributed by atoms with Crippen LogP contribution in [0.15, 0.2) is 22.7 Å². The first kappa shape index (κ1) is 13.9. The highest BCUT2D eigenvalue weighted by Crippen LogP contribution is 2.24. The van der Waals surface area contributed by atoms with E-state index in [0.29, 0.717) is 0 Å². The number of rotatable bonds is 5. The van der Waals surface area contributed by atoms with Crippen molar-refractivity contribution in [3.63, 3.8) is 0 Å². The van der Waals surface area contributed by atoms with Crippen LogP contribution in [0.25, 0.3) is 0 Å². The first-order valence-corrected chi connectivity index (χ1v) is 7.71. The van der Waals surface area contributed by atoms with Crippen LogP contribution in [0.3, 0.4) is 0 Å². The number of piperidine rings is 1. The van der Waals surface area contributed by atoms with Crippen LogP contribution in [-0.4, -0.2) is 19.7 Å². The third-order valence-corrected chi connectivity index (χ3v) is 4.14. The minimum Gasteiger partial charge on any atom is -0.493 e. The summed E-state index contributed by atoms with van der Waals surface area (Å²) >= 11 is 3.51. The summed E-state index contributed by atoms with van der Waals surface area (Å²) in [6, 6.07) is 6.28. The van der Waals surface area contributed by atoms with E-state index in [4.69, 9.17) is 4.74 Å². The standard InChI is InChI=1S/C15H22BrNO/c1-2-13-11-14(16)3-4-15(13)18-10-7-12-5-8-17-9-6-12/h3-4,11-12,17H,2,5-10H2,1H3. The van der Waals surface area contributed by atoms with Crippen LogP contribution in [0.1, 0.15) is 31.7 Å². The van der Waals surface area contributed by atoms with Gasteiger partial charge in [0, 0.05) is 4.47 Å². The summed E-state index contributed by atoms with van der Waals surface area (Å²) in [5, 5.41) is 3.40. The molecule has 1 aliphatic rings. The third kappa shape index (κ3) is 3.99. The summed E-state index contributed by atoms with van der Waals surface area (Å²) in [6.07, 6.45) is 4.79. The Morgan fingerprint density at radius 2 is 2.11 bits per heavy atom. The molecular formula is C15H22BrNO. The molecule has 100 valence electrons. The van der Waals surface area contributed by atoms with Crippen molar-refractivity contribution in [2.45, 2.75) is 32.6 Å². The Bertz CT molecular complexity index is 375. The van der Waals surface area contributed by atoms with E-state index in [0.717, 1.165) is 29.2 Å². The van der Waals surface area contributed by atoms with E-state index in [1.54, 1.807) is 0 Å². The van der Waals surface area contributed by atoms with Gasteiger partial charge in [0.25, 0.3) is 0 Å². The second-order valence-corrected chi connectivity index (χ2v) is 5.85. The number of aryl methyl sites for hydroxylation is 1. The van der Waals surface area contributed by atoms with E-state index >= 15 is 0 Å². The second-order valence-electron chi connectivity index (χ2n) is 4.94. The maximum Gasteiger partial charge on any atom is 0.122 e. The smallest absolute Gasteiger partial charge is 0.122 e. The fourth-order valence-electron chi connectivity index (χ4n) is 2.47. The zero-order chi connectivity index (χ0) is 12.8. The number of benzene rings is 1. The second kappa shape index (κ2) is 7.15. The van der Waals surface area contributed by atoms with Crippen molar-refractivity contribution in [2.24, 2.45) is 5.92 Å². The summed E-state index contributed by atoms with van der Waals surface area (Å²) in [7, 11) is 0. The zero-order valence-electron chi connectivity index (χ0n) is 11.0. The third-order valence-electron chi connectivity index (χ3n) is 3.65. The largest absolute Gasteiger partial charge is 0.493 e. The van der Waals surface area contributed by atoms with Crippen molar-refractivity contribution in [2.75, 3.05) is 19.7 Å². The van der Waals surface area contributed by atoms with Gasteiger partial charge in [-0.05, 0) is 68.5 Å². The fraction of sp³-hybridized carbons (Fsp3) is 0.600. The maximum atomic E-state index is 5.94. The van der Waals surface area contributed by atoms with Crippen LogP contribution in [-0.2, 0) is 6.42 Å². The number of nitrogens with one attached hydrogen (secondary N) is 1. The summed E-state index contributed by atoms with van der Waals surface area (Å²) in [6.45, 7) is 5.35. The van der Waals surface area contributed by atoms with E-state index in [9.17, 15) is 0 Å². The molecule has 0 spiro atoms. The Morgan fingerprint density at radius 3 is 2.83 bits per heavy atom.